The molecule has 1 saturated heterocycles. The number of aryl methyl sites for hydroxylation is 1. The van der Waals surface area contributed by atoms with Crippen LogP contribution in [0.1, 0.15) is 46.2 Å². The molecule has 8 heteroatoms. The Balaban J connectivity index is 0.000000146. The van der Waals surface area contributed by atoms with Gasteiger partial charge in [-0.1, -0.05) is 6.07 Å². The molecule has 1 aliphatic carbocycles. The molecule has 4 aromatic rings. The number of anilines is 1. The van der Waals surface area contributed by atoms with Crippen LogP contribution in [-0.2, 0) is 0 Å². The summed E-state index contributed by atoms with van der Waals surface area (Å²) >= 11 is 1.50. The number of hydrogen-bond donors (Lipinski definition) is 2. The van der Waals surface area contributed by atoms with Crippen LogP contribution < -0.4 is 10.6 Å². The van der Waals surface area contributed by atoms with Crippen molar-refractivity contribution < 1.29 is 9.18 Å². The fraction of sp³-hybridized carbons (Fsp3) is 0.375. The number of carbonyl (C=O) groups excluding carboxylic acids is 1. The van der Waals surface area contributed by atoms with Crippen LogP contribution in [0.3, 0.4) is 0 Å². The van der Waals surface area contributed by atoms with Crippen molar-refractivity contribution in [2.45, 2.75) is 32.1 Å². The van der Waals surface area contributed by atoms with Gasteiger partial charge >= 0.3 is 0 Å². The summed E-state index contributed by atoms with van der Waals surface area (Å²) in [5.41, 5.74) is 3.70. The maximum absolute atomic E-state index is 13.3. The normalized spacial score (nSPS) is 19.0. The smallest absolute Gasteiger partial charge is 0.173 e. The Bertz CT molecular complexity index is 1290. The molecule has 4 aromatic heterocycles. The average molecular weight is 452 g/mol. The van der Waals surface area contributed by atoms with E-state index in [0.29, 0.717) is 17.0 Å². The molecule has 32 heavy (non-hydrogen) atoms. The van der Waals surface area contributed by atoms with Crippen LogP contribution in [0.25, 0.3) is 15.9 Å². The molecule has 2 aliphatic rings. The van der Waals surface area contributed by atoms with E-state index in [2.05, 4.69) is 27.8 Å². The van der Waals surface area contributed by atoms with E-state index in [4.69, 9.17) is 4.98 Å². The Morgan fingerprint density at radius 3 is 2.81 bits per heavy atom. The van der Waals surface area contributed by atoms with Crippen molar-refractivity contribution in [2.75, 3.05) is 25.5 Å². The summed E-state index contributed by atoms with van der Waals surface area (Å²) in [6, 6.07) is 7.63. The van der Waals surface area contributed by atoms with Gasteiger partial charge in [-0.15, -0.1) is 11.3 Å². The second-order valence-corrected chi connectivity index (χ2v) is 9.94. The lowest BCUT2D eigenvalue weighted by Gasteiger charge is -2.39. The Morgan fingerprint density at radius 2 is 2.12 bits per heavy atom. The number of fused-ring (bicyclic) bond motifs is 2. The topological polar surface area (TPSA) is 71.3 Å². The highest BCUT2D eigenvalue weighted by molar-refractivity contribution is 7.20. The van der Waals surface area contributed by atoms with Gasteiger partial charge in [0.05, 0.1) is 16.3 Å². The number of pyridine rings is 2. The van der Waals surface area contributed by atoms with E-state index in [-0.39, 0.29) is 5.82 Å². The van der Waals surface area contributed by atoms with Crippen LogP contribution in [-0.4, -0.2) is 40.8 Å². The Labute approximate surface area is 189 Å². The minimum Gasteiger partial charge on any atom is -0.387 e. The zero-order chi connectivity index (χ0) is 22.3. The second kappa shape index (κ2) is 8.26. The van der Waals surface area contributed by atoms with E-state index in [0.717, 1.165) is 32.8 Å². The van der Waals surface area contributed by atoms with Crippen molar-refractivity contribution in [3.63, 3.8) is 0 Å². The molecule has 1 atom stereocenters. The highest BCUT2D eigenvalue weighted by Crippen LogP contribution is 2.48. The molecule has 6 nitrogen and oxygen atoms in total. The molecule has 2 fully saturated rings. The van der Waals surface area contributed by atoms with Gasteiger partial charge in [0.25, 0.3) is 0 Å². The predicted octanol–water partition coefficient (Wildman–Crippen LogP) is 4.79. The second-order valence-electron chi connectivity index (χ2n) is 8.88. The summed E-state index contributed by atoms with van der Waals surface area (Å²) in [4.78, 5) is 21.4. The number of halogens is 1. The average Bonchev–Trinajstić information content (AvgIpc) is 3.48. The highest BCUT2D eigenvalue weighted by Gasteiger charge is 2.44. The van der Waals surface area contributed by atoms with Crippen LogP contribution in [0.15, 0.2) is 36.7 Å². The van der Waals surface area contributed by atoms with E-state index in [9.17, 15) is 9.18 Å². The number of nitrogens with zero attached hydrogens (tertiary/aromatic N) is 3. The molecular weight excluding hydrogens is 425 g/mol. The highest BCUT2D eigenvalue weighted by atomic mass is 32.1. The first-order chi connectivity index (χ1) is 15.5. The zero-order valence-corrected chi connectivity index (χ0v) is 19.0. The lowest BCUT2D eigenvalue weighted by atomic mass is 9.79. The quantitative estimate of drug-likeness (QED) is 0.438. The molecule has 2 N–H and O–H groups in total. The fourth-order valence-electron chi connectivity index (χ4n) is 4.81. The maximum Gasteiger partial charge on any atom is 0.173 e. The van der Waals surface area contributed by atoms with Crippen molar-refractivity contribution in [3.05, 3.63) is 58.7 Å². The van der Waals surface area contributed by atoms with Gasteiger partial charge in [-0.05, 0) is 43.7 Å². The number of imidazole rings is 1. The molecule has 6 rings (SSSR count). The van der Waals surface area contributed by atoms with Gasteiger partial charge in [-0.3, -0.25) is 4.79 Å². The van der Waals surface area contributed by atoms with Crippen LogP contribution >= 0.6 is 11.3 Å². The largest absolute Gasteiger partial charge is 0.387 e. The van der Waals surface area contributed by atoms with Gasteiger partial charge in [0.2, 0.25) is 0 Å². The van der Waals surface area contributed by atoms with Gasteiger partial charge in [0.1, 0.15) is 4.83 Å². The molecule has 0 bridgehead atoms. The number of hydrogen-bond acceptors (Lipinski definition) is 6. The number of thiophene rings is 1. The summed E-state index contributed by atoms with van der Waals surface area (Å²) < 4.78 is 15.0. The first-order valence-electron chi connectivity index (χ1n) is 10.9. The van der Waals surface area contributed by atoms with Crippen molar-refractivity contribution in [2.24, 2.45) is 5.41 Å². The Hall–Kier alpha value is -2.84. The summed E-state index contributed by atoms with van der Waals surface area (Å²) in [6.45, 7) is 4.20. The molecule has 0 amide bonds. The lowest BCUT2D eigenvalue weighted by Crippen LogP contribution is -2.51. The number of carbonyl (C=O) groups is 1. The van der Waals surface area contributed by atoms with Crippen LogP contribution in [0.5, 0.6) is 0 Å². The van der Waals surface area contributed by atoms with Crippen molar-refractivity contribution in [1.82, 2.24) is 19.7 Å². The SMILES string of the molecule is CNc1cc(F)c2nc(C)cn2c1.O=Cc1cc2ccc(C3CCC4(CNC4)C3)nc2s1. The summed E-state index contributed by atoms with van der Waals surface area (Å²) in [6.07, 6.45) is 8.36. The standard InChI is InChI=1S/C15H16N2OS.C9H10FN3/c18-7-12-5-10-1-2-13(17-14(10)19-12)11-3-4-15(6-11)8-16-9-15;1-6-4-13-5-7(11-2)3-8(10)9(13)12-6/h1-2,5,7,11,16H,3-4,6,8-9H2;3-5,11H,1-2H3. The monoisotopic (exact) mass is 451 g/mol. The predicted molar refractivity (Wildman–Crippen MR) is 126 cm³/mol. The van der Waals surface area contributed by atoms with Crippen LogP contribution in [0.4, 0.5) is 10.1 Å². The van der Waals surface area contributed by atoms with Crippen LogP contribution in [0.2, 0.25) is 0 Å². The third-order valence-electron chi connectivity index (χ3n) is 6.58. The third-order valence-corrected chi connectivity index (χ3v) is 7.55. The minimum absolute atomic E-state index is 0.306. The summed E-state index contributed by atoms with van der Waals surface area (Å²) in [7, 11) is 1.75. The Kier molecular flexibility index (Phi) is 5.43. The van der Waals surface area contributed by atoms with E-state index in [1.165, 1.54) is 55.4 Å². The first kappa shape index (κ1) is 21.0. The van der Waals surface area contributed by atoms with Gasteiger partial charge in [0, 0.05) is 55.6 Å². The molecule has 166 valence electrons. The molecule has 0 aromatic carbocycles. The minimum atomic E-state index is -0.306. The number of rotatable bonds is 3. The number of aromatic nitrogens is 3. The van der Waals surface area contributed by atoms with Gasteiger partial charge in [0.15, 0.2) is 17.8 Å². The van der Waals surface area contributed by atoms with E-state index >= 15 is 0 Å². The van der Waals surface area contributed by atoms with Crippen molar-refractivity contribution >= 4 is 39.2 Å². The van der Waals surface area contributed by atoms with E-state index in [1.54, 1.807) is 23.8 Å². The first-order valence-corrected chi connectivity index (χ1v) is 11.7. The summed E-state index contributed by atoms with van der Waals surface area (Å²) in [5.74, 6) is 0.299. The number of nitrogens with one attached hydrogen (secondary N) is 2. The zero-order valence-electron chi connectivity index (χ0n) is 18.2. The van der Waals surface area contributed by atoms with Gasteiger partial charge in [-0.2, -0.15) is 0 Å². The fourth-order valence-corrected chi connectivity index (χ4v) is 5.67. The van der Waals surface area contributed by atoms with Gasteiger partial charge in [-0.25, -0.2) is 14.4 Å². The molecular formula is C24H26FN5OS. The van der Waals surface area contributed by atoms with Crippen molar-refractivity contribution in [1.29, 1.82) is 0 Å². The summed E-state index contributed by atoms with van der Waals surface area (Å²) in [5, 5.41) is 7.37. The van der Waals surface area contributed by atoms with E-state index in [1.807, 2.05) is 13.0 Å². The molecule has 1 unspecified atom stereocenters. The number of aldehydes is 1. The molecule has 5 heterocycles. The Morgan fingerprint density at radius 1 is 1.28 bits per heavy atom. The molecule has 1 spiro atoms. The molecule has 1 saturated carbocycles. The third kappa shape index (κ3) is 3.89. The van der Waals surface area contributed by atoms with Crippen molar-refractivity contribution in [3.8, 4) is 0 Å². The van der Waals surface area contributed by atoms with Crippen LogP contribution in [0, 0.1) is 18.2 Å². The molecule has 1 aliphatic heterocycles. The van der Waals surface area contributed by atoms with Gasteiger partial charge < -0.3 is 15.0 Å². The van der Waals surface area contributed by atoms with E-state index < -0.39 is 0 Å². The maximum atomic E-state index is 13.3. The molecule has 0 radical (unpaired) electrons. The lowest BCUT2D eigenvalue weighted by molar-refractivity contribution is 0.112.